The summed E-state index contributed by atoms with van der Waals surface area (Å²) in [5.74, 6) is 0.729. The van der Waals surface area contributed by atoms with Crippen LogP contribution in [0.2, 0.25) is 0 Å². The molecule has 0 N–H and O–H groups in total. The van der Waals surface area contributed by atoms with Crippen molar-refractivity contribution < 1.29 is 19.2 Å². The quantitative estimate of drug-likeness (QED) is 0.389. The van der Waals surface area contributed by atoms with E-state index in [0.29, 0.717) is 6.61 Å². The van der Waals surface area contributed by atoms with Gasteiger partial charge in [-0.15, -0.1) is 0 Å². The Kier molecular flexibility index (Phi) is 5.25. The number of piperazine rings is 1. The standard InChI is InChI=1S/C23H29N3O4/c1-29-19-6-3-2-5-18(19)25-12-10-24(11-13-25)9-4-14-30-26-22(27)20-16-7-8-17(15-16)21(20)23(26)28/h2-3,5-8,16-17,20-21H,4,9-15H2,1H3/t16-,17+,20-,21+/i1-1. The maximum Gasteiger partial charge on any atom is 0.258 e. The van der Waals surface area contributed by atoms with E-state index in [0.717, 1.165) is 62.1 Å². The lowest BCUT2D eigenvalue weighted by atomic mass is 9.85. The zero-order valence-corrected chi connectivity index (χ0v) is 17.4. The highest BCUT2D eigenvalue weighted by molar-refractivity contribution is 6.05. The average Bonchev–Trinajstić information content (AvgIpc) is 3.46. The van der Waals surface area contributed by atoms with Gasteiger partial charge in [-0.1, -0.05) is 24.3 Å². The molecule has 2 amide bonds. The van der Waals surface area contributed by atoms with Crippen LogP contribution in [0.3, 0.4) is 0 Å². The van der Waals surface area contributed by atoms with Gasteiger partial charge in [0.05, 0.1) is 31.2 Å². The lowest BCUT2D eigenvalue weighted by molar-refractivity contribution is -0.190. The Bertz CT molecular complexity index is 819. The van der Waals surface area contributed by atoms with Crippen LogP contribution in [0.15, 0.2) is 36.4 Å². The highest BCUT2D eigenvalue weighted by Gasteiger charge is 2.60. The fourth-order valence-corrected chi connectivity index (χ4v) is 5.55. The number of hydrogen-bond acceptors (Lipinski definition) is 6. The van der Waals surface area contributed by atoms with Gasteiger partial charge >= 0.3 is 0 Å². The summed E-state index contributed by atoms with van der Waals surface area (Å²) in [7, 11) is 1.71. The highest BCUT2D eigenvalue weighted by atomic mass is 16.7. The fraction of sp³-hybridized carbons (Fsp3) is 0.565. The summed E-state index contributed by atoms with van der Waals surface area (Å²) in [5.41, 5.74) is 1.14. The number of hydroxylamine groups is 2. The first kappa shape index (κ1) is 19.6. The van der Waals surface area contributed by atoms with Crippen LogP contribution in [0.4, 0.5) is 5.69 Å². The number of imide groups is 1. The van der Waals surface area contributed by atoms with Gasteiger partial charge in [0.25, 0.3) is 11.8 Å². The van der Waals surface area contributed by atoms with E-state index in [2.05, 4.69) is 28.0 Å². The third-order valence-electron chi connectivity index (χ3n) is 7.07. The number of fused-ring (bicyclic) bond motifs is 5. The van der Waals surface area contributed by atoms with Crippen LogP contribution in [0, 0.1) is 23.7 Å². The molecule has 0 spiro atoms. The van der Waals surface area contributed by atoms with Gasteiger partial charge in [-0.05, 0) is 36.8 Å². The van der Waals surface area contributed by atoms with E-state index in [1.807, 2.05) is 18.2 Å². The molecule has 160 valence electrons. The summed E-state index contributed by atoms with van der Waals surface area (Å²) in [6.45, 7) is 5.13. The normalized spacial score (nSPS) is 30.4. The molecule has 2 aliphatic carbocycles. The Morgan fingerprint density at radius 2 is 1.63 bits per heavy atom. The number of para-hydroxylation sites is 2. The van der Waals surface area contributed by atoms with Crippen molar-refractivity contribution in [3.8, 4) is 5.75 Å². The van der Waals surface area contributed by atoms with Crippen LogP contribution in [-0.4, -0.2) is 68.2 Å². The monoisotopic (exact) mass is 410 g/mol. The first-order valence-electron chi connectivity index (χ1n) is 11.0. The van der Waals surface area contributed by atoms with Gasteiger partial charge in [0.15, 0.2) is 0 Å². The molecule has 2 bridgehead atoms. The van der Waals surface area contributed by atoms with Crippen molar-refractivity contribution >= 4 is 17.5 Å². The van der Waals surface area contributed by atoms with Crippen LogP contribution in [0.25, 0.3) is 0 Å². The maximum atomic E-state index is 12.6. The molecule has 4 aliphatic rings. The molecule has 5 rings (SSSR count). The van der Waals surface area contributed by atoms with Crippen molar-refractivity contribution in [2.24, 2.45) is 23.7 Å². The molecule has 4 atom stereocenters. The van der Waals surface area contributed by atoms with E-state index in [-0.39, 0.29) is 35.5 Å². The van der Waals surface area contributed by atoms with Crippen molar-refractivity contribution in [2.75, 3.05) is 51.3 Å². The zero-order valence-electron chi connectivity index (χ0n) is 17.4. The van der Waals surface area contributed by atoms with E-state index in [9.17, 15) is 9.59 Å². The first-order chi connectivity index (χ1) is 14.7. The summed E-state index contributed by atoms with van der Waals surface area (Å²) in [5, 5.41) is 1.07. The molecule has 1 aromatic carbocycles. The molecule has 1 saturated carbocycles. The van der Waals surface area contributed by atoms with Gasteiger partial charge in [0.1, 0.15) is 5.75 Å². The minimum absolute atomic E-state index is 0.132. The second-order valence-electron chi connectivity index (χ2n) is 8.66. The Labute approximate surface area is 177 Å². The molecule has 2 saturated heterocycles. The Hall–Kier alpha value is -2.38. The largest absolute Gasteiger partial charge is 0.495 e. The molecule has 7 nitrogen and oxygen atoms in total. The van der Waals surface area contributed by atoms with Gasteiger partial charge in [0.2, 0.25) is 0 Å². The zero-order chi connectivity index (χ0) is 20.7. The number of allylic oxidation sites excluding steroid dienone is 2. The van der Waals surface area contributed by atoms with Gasteiger partial charge in [0, 0.05) is 32.7 Å². The van der Waals surface area contributed by atoms with E-state index >= 15 is 0 Å². The first-order valence-corrected chi connectivity index (χ1v) is 11.0. The average molecular weight is 411 g/mol. The minimum Gasteiger partial charge on any atom is -0.495 e. The summed E-state index contributed by atoms with van der Waals surface area (Å²) < 4.78 is 5.48. The van der Waals surface area contributed by atoms with Crippen molar-refractivity contribution in [2.45, 2.75) is 12.8 Å². The Morgan fingerprint density at radius 1 is 0.967 bits per heavy atom. The summed E-state index contributed by atoms with van der Waals surface area (Å²) >= 11 is 0. The molecule has 0 radical (unpaired) electrons. The van der Waals surface area contributed by atoms with Crippen molar-refractivity contribution in [1.29, 1.82) is 0 Å². The molecule has 7 heteroatoms. The van der Waals surface area contributed by atoms with Crippen molar-refractivity contribution in [1.82, 2.24) is 9.96 Å². The maximum absolute atomic E-state index is 12.6. The lowest BCUT2D eigenvalue weighted by Crippen LogP contribution is -2.47. The number of amides is 2. The topological polar surface area (TPSA) is 62.3 Å². The third-order valence-corrected chi connectivity index (χ3v) is 7.07. The Morgan fingerprint density at radius 3 is 2.30 bits per heavy atom. The summed E-state index contributed by atoms with van der Waals surface area (Å²) in [4.78, 5) is 35.7. The highest BCUT2D eigenvalue weighted by Crippen LogP contribution is 2.52. The second kappa shape index (κ2) is 8.04. The molecule has 2 heterocycles. The molecule has 2 aliphatic heterocycles. The predicted octanol–water partition coefficient (Wildman–Crippen LogP) is 1.95. The number of anilines is 1. The van der Waals surface area contributed by atoms with Crippen LogP contribution in [-0.2, 0) is 14.4 Å². The van der Waals surface area contributed by atoms with Crippen LogP contribution in [0.1, 0.15) is 12.8 Å². The smallest absolute Gasteiger partial charge is 0.258 e. The lowest BCUT2D eigenvalue weighted by Gasteiger charge is -2.36. The molecule has 1 aromatic rings. The molecule has 0 unspecified atom stereocenters. The van der Waals surface area contributed by atoms with Crippen LogP contribution in [0.5, 0.6) is 5.75 Å². The molecule has 3 fully saturated rings. The van der Waals surface area contributed by atoms with Gasteiger partial charge in [-0.2, -0.15) is 5.06 Å². The van der Waals surface area contributed by atoms with Crippen molar-refractivity contribution in [3.05, 3.63) is 36.4 Å². The van der Waals surface area contributed by atoms with Gasteiger partial charge in [-0.3, -0.25) is 19.3 Å². The number of carbonyl (C=O) groups is 2. The Balaban J connectivity index is 1.06. The van der Waals surface area contributed by atoms with Gasteiger partial charge in [-0.25, -0.2) is 0 Å². The minimum atomic E-state index is -0.185. The van der Waals surface area contributed by atoms with Gasteiger partial charge < -0.3 is 9.64 Å². The molecular weight excluding hydrogens is 381 g/mol. The third kappa shape index (κ3) is 3.30. The predicted molar refractivity (Wildman–Crippen MR) is 112 cm³/mol. The second-order valence-corrected chi connectivity index (χ2v) is 8.66. The number of nitrogens with zero attached hydrogens (tertiary/aromatic N) is 3. The summed E-state index contributed by atoms with van der Waals surface area (Å²) in [6, 6.07) is 8.13. The van der Waals surface area contributed by atoms with Crippen LogP contribution >= 0.6 is 0 Å². The molecule has 30 heavy (non-hydrogen) atoms. The number of methoxy groups -OCH3 is 1. The van der Waals surface area contributed by atoms with E-state index in [1.54, 1.807) is 7.11 Å². The molecule has 0 aromatic heterocycles. The van der Waals surface area contributed by atoms with Crippen LogP contribution < -0.4 is 9.64 Å². The fourth-order valence-electron chi connectivity index (χ4n) is 5.55. The molecular formula is C23H29N3O4. The summed E-state index contributed by atoms with van der Waals surface area (Å²) in [6.07, 6.45) is 5.95. The number of hydrogen-bond donors (Lipinski definition) is 0. The number of benzene rings is 1. The number of ether oxygens (including phenoxy) is 1. The van der Waals surface area contributed by atoms with Crippen molar-refractivity contribution in [3.63, 3.8) is 0 Å². The SMILES string of the molecule is [11CH3]Oc1ccccc1N1CCN(CCCON2C(=O)[C@@H]3[C@H](C2=O)[C@@H]2C=C[C@H]3C2)CC1. The number of rotatable bonds is 7. The van der Waals surface area contributed by atoms with E-state index < -0.39 is 0 Å². The number of carbonyl (C=O) groups excluding carboxylic acids is 2. The van der Waals surface area contributed by atoms with E-state index in [4.69, 9.17) is 9.57 Å². The van der Waals surface area contributed by atoms with E-state index in [1.165, 1.54) is 0 Å².